The van der Waals surface area contributed by atoms with E-state index in [4.69, 9.17) is 9.47 Å². The molecule has 1 aliphatic rings. The molecule has 0 radical (unpaired) electrons. The lowest BCUT2D eigenvalue weighted by molar-refractivity contribution is -0.147. The number of ether oxygens (including phenoxy) is 2. The average molecular weight is 429 g/mol. The van der Waals surface area contributed by atoms with E-state index in [2.05, 4.69) is 20.9 Å². The number of amides is 1. The van der Waals surface area contributed by atoms with Gasteiger partial charge in [-0.1, -0.05) is 0 Å². The zero-order chi connectivity index (χ0) is 19.5. The number of pyridine rings is 1. The molecule has 26 heavy (non-hydrogen) atoms. The zero-order valence-electron chi connectivity index (χ0n) is 15.5. The number of carbonyl (C=O) groups is 2. The molecule has 0 saturated carbocycles. The van der Waals surface area contributed by atoms with E-state index >= 15 is 0 Å². The summed E-state index contributed by atoms with van der Waals surface area (Å²) in [5.74, 6) is -1.46. The highest BCUT2D eigenvalue weighted by atomic mass is 79.9. The lowest BCUT2D eigenvalue weighted by Gasteiger charge is -2.33. The molecule has 144 valence electrons. The molecule has 0 spiro atoms. The fourth-order valence-corrected chi connectivity index (χ4v) is 3.33. The molecule has 1 saturated heterocycles. The van der Waals surface area contributed by atoms with Gasteiger partial charge in [0.05, 0.1) is 12.5 Å². The van der Waals surface area contributed by atoms with E-state index in [1.165, 1.54) is 4.90 Å². The summed E-state index contributed by atoms with van der Waals surface area (Å²) in [6.07, 6.45) is 1.64. The zero-order valence-corrected chi connectivity index (χ0v) is 17.1. The van der Waals surface area contributed by atoms with Crippen LogP contribution in [0.5, 0.6) is 0 Å². The summed E-state index contributed by atoms with van der Waals surface area (Å²) in [5, 5.41) is 9.57. The number of nitrogens with zero attached hydrogens (tertiary/aromatic N) is 2. The number of hydrogen-bond acceptors (Lipinski definition) is 5. The van der Waals surface area contributed by atoms with Crippen molar-refractivity contribution < 1.29 is 24.2 Å². The maximum absolute atomic E-state index is 12.6. The molecule has 2 rings (SSSR count). The van der Waals surface area contributed by atoms with Gasteiger partial charge in [-0.15, -0.1) is 0 Å². The number of aliphatic carboxylic acids is 1. The number of halogens is 1. The van der Waals surface area contributed by atoms with E-state index in [1.807, 2.05) is 13.0 Å². The summed E-state index contributed by atoms with van der Waals surface area (Å²) in [6, 6.07) is 1.83. The molecule has 2 heterocycles. The first-order chi connectivity index (χ1) is 12.1. The standard InChI is InChI=1S/C18H25BrN2O5/c1-5-21(17(24)26-18(2,3)4)15-13(8-11(19)9-20-15)12-6-7-25-10-14(12)16(22)23/h8-9,12,14H,5-7,10H2,1-4H3,(H,22,23). The Kier molecular flexibility index (Phi) is 6.63. The van der Waals surface area contributed by atoms with Gasteiger partial charge in [-0.25, -0.2) is 9.78 Å². The third-order valence-corrected chi connectivity index (χ3v) is 4.55. The van der Waals surface area contributed by atoms with Gasteiger partial charge in [-0.05, 0) is 56.1 Å². The van der Waals surface area contributed by atoms with E-state index in [0.717, 1.165) is 4.47 Å². The fourth-order valence-electron chi connectivity index (χ4n) is 2.98. The highest BCUT2D eigenvalue weighted by Crippen LogP contribution is 2.38. The minimum atomic E-state index is -0.916. The summed E-state index contributed by atoms with van der Waals surface area (Å²) in [6.45, 7) is 8.20. The van der Waals surface area contributed by atoms with Gasteiger partial charge >= 0.3 is 12.1 Å². The molecule has 2 atom stereocenters. The molecule has 1 aromatic rings. The molecule has 0 bridgehead atoms. The van der Waals surface area contributed by atoms with Crippen LogP contribution in [0.25, 0.3) is 0 Å². The Hall–Kier alpha value is -1.67. The lowest BCUT2D eigenvalue weighted by Crippen LogP contribution is -2.39. The van der Waals surface area contributed by atoms with Crippen molar-refractivity contribution in [3.05, 3.63) is 22.3 Å². The average Bonchev–Trinajstić information content (AvgIpc) is 2.55. The Morgan fingerprint density at radius 2 is 2.15 bits per heavy atom. The van der Waals surface area contributed by atoms with E-state index in [0.29, 0.717) is 31.0 Å². The predicted molar refractivity (Wildman–Crippen MR) is 100 cm³/mol. The van der Waals surface area contributed by atoms with Crippen molar-refractivity contribution in [2.45, 2.75) is 45.6 Å². The fraction of sp³-hybridized carbons (Fsp3) is 0.611. The summed E-state index contributed by atoms with van der Waals surface area (Å²) in [4.78, 5) is 30.2. The van der Waals surface area contributed by atoms with E-state index in [9.17, 15) is 14.7 Å². The van der Waals surface area contributed by atoms with Crippen molar-refractivity contribution in [3.63, 3.8) is 0 Å². The number of aromatic nitrogens is 1. The first-order valence-corrected chi connectivity index (χ1v) is 9.39. The van der Waals surface area contributed by atoms with Crippen LogP contribution in [0.2, 0.25) is 0 Å². The Bertz CT molecular complexity index is 674. The minimum Gasteiger partial charge on any atom is -0.481 e. The van der Waals surface area contributed by atoms with Gasteiger partial charge in [0.1, 0.15) is 11.4 Å². The van der Waals surface area contributed by atoms with Crippen LogP contribution >= 0.6 is 15.9 Å². The van der Waals surface area contributed by atoms with Crippen molar-refractivity contribution >= 4 is 33.8 Å². The van der Waals surface area contributed by atoms with E-state index < -0.39 is 23.6 Å². The molecule has 1 aliphatic heterocycles. The number of hydrogen-bond donors (Lipinski definition) is 1. The van der Waals surface area contributed by atoms with Gasteiger partial charge in [-0.3, -0.25) is 9.69 Å². The van der Waals surface area contributed by atoms with Crippen molar-refractivity contribution in [1.82, 2.24) is 4.98 Å². The number of carbonyl (C=O) groups excluding carboxylic acids is 1. The van der Waals surface area contributed by atoms with Crippen LogP contribution in [0.3, 0.4) is 0 Å². The second kappa shape index (κ2) is 8.35. The van der Waals surface area contributed by atoms with Gasteiger partial charge in [0.25, 0.3) is 0 Å². The summed E-state index contributed by atoms with van der Waals surface area (Å²) in [7, 11) is 0. The van der Waals surface area contributed by atoms with Crippen molar-refractivity contribution in [3.8, 4) is 0 Å². The van der Waals surface area contributed by atoms with E-state index in [-0.39, 0.29) is 12.5 Å². The van der Waals surface area contributed by atoms with Crippen molar-refractivity contribution in [2.24, 2.45) is 5.92 Å². The topological polar surface area (TPSA) is 89.0 Å². The molecule has 1 amide bonds. The third kappa shape index (κ3) is 4.94. The molecule has 7 nitrogen and oxygen atoms in total. The monoisotopic (exact) mass is 428 g/mol. The minimum absolute atomic E-state index is 0.143. The highest BCUT2D eigenvalue weighted by molar-refractivity contribution is 9.10. The van der Waals surface area contributed by atoms with Crippen LogP contribution in [0.1, 0.15) is 45.6 Å². The van der Waals surface area contributed by atoms with Crippen LogP contribution in [0.15, 0.2) is 16.7 Å². The SMILES string of the molecule is CCN(C(=O)OC(C)(C)C)c1ncc(Br)cc1C1CCOCC1C(=O)O. The van der Waals surface area contributed by atoms with E-state index in [1.54, 1.807) is 27.0 Å². The number of rotatable bonds is 4. The van der Waals surface area contributed by atoms with Gasteiger partial charge in [0.2, 0.25) is 0 Å². The molecule has 1 aromatic heterocycles. The number of anilines is 1. The summed E-state index contributed by atoms with van der Waals surface area (Å²) in [5.41, 5.74) is 0.0743. The van der Waals surface area contributed by atoms with Gasteiger partial charge in [0, 0.05) is 35.3 Å². The molecule has 1 N–H and O–H groups in total. The quantitative estimate of drug-likeness (QED) is 0.783. The Balaban J connectivity index is 2.45. The van der Waals surface area contributed by atoms with Crippen molar-refractivity contribution in [2.75, 3.05) is 24.7 Å². The normalized spacial score (nSPS) is 20.5. The molecule has 8 heteroatoms. The maximum Gasteiger partial charge on any atom is 0.415 e. The molecule has 2 unspecified atom stereocenters. The van der Waals surface area contributed by atoms with Crippen LogP contribution in [-0.4, -0.2) is 47.5 Å². The summed E-state index contributed by atoms with van der Waals surface area (Å²) < 4.78 is 11.6. The maximum atomic E-state index is 12.6. The lowest BCUT2D eigenvalue weighted by atomic mass is 9.82. The van der Waals surface area contributed by atoms with Gasteiger partial charge < -0.3 is 14.6 Å². The molecule has 0 aliphatic carbocycles. The van der Waals surface area contributed by atoms with Gasteiger partial charge in [-0.2, -0.15) is 0 Å². The Morgan fingerprint density at radius 3 is 2.73 bits per heavy atom. The molecular weight excluding hydrogens is 404 g/mol. The second-order valence-corrected chi connectivity index (χ2v) is 8.12. The van der Waals surface area contributed by atoms with Crippen molar-refractivity contribution in [1.29, 1.82) is 0 Å². The molecule has 1 fully saturated rings. The highest BCUT2D eigenvalue weighted by Gasteiger charge is 2.36. The second-order valence-electron chi connectivity index (χ2n) is 7.21. The van der Waals surface area contributed by atoms with Crippen LogP contribution in [0.4, 0.5) is 10.6 Å². The third-order valence-electron chi connectivity index (χ3n) is 4.12. The Morgan fingerprint density at radius 1 is 1.46 bits per heavy atom. The first-order valence-electron chi connectivity index (χ1n) is 8.60. The van der Waals surface area contributed by atoms with Crippen LogP contribution < -0.4 is 4.90 Å². The molecule has 0 aromatic carbocycles. The predicted octanol–water partition coefficient (Wildman–Crippen LogP) is 3.81. The number of carboxylic acids is 1. The first kappa shape index (κ1) is 20.6. The number of carboxylic acid groups (broad SMARTS) is 1. The van der Waals surface area contributed by atoms with Gasteiger partial charge in [0.15, 0.2) is 0 Å². The smallest absolute Gasteiger partial charge is 0.415 e. The molecular formula is C18H25BrN2O5. The van der Waals surface area contributed by atoms with Crippen LogP contribution in [0, 0.1) is 5.92 Å². The Labute approximate surface area is 161 Å². The summed E-state index contributed by atoms with van der Waals surface area (Å²) >= 11 is 3.40. The largest absolute Gasteiger partial charge is 0.481 e. The van der Waals surface area contributed by atoms with Crippen LogP contribution in [-0.2, 0) is 14.3 Å².